The number of thioether (sulfide) groups is 1. The van der Waals surface area contributed by atoms with E-state index < -0.39 is 0 Å². The normalized spacial score (nSPS) is 12.3. The van der Waals surface area contributed by atoms with Crippen LogP contribution in [-0.2, 0) is 4.79 Å². The van der Waals surface area contributed by atoms with Crippen molar-refractivity contribution in [2.24, 2.45) is 0 Å². The summed E-state index contributed by atoms with van der Waals surface area (Å²) in [6.45, 7) is 7.90. The molecule has 3 rings (SSSR count). The fourth-order valence-corrected chi connectivity index (χ4v) is 3.60. The molecule has 3 N–H and O–H groups in total. The summed E-state index contributed by atoms with van der Waals surface area (Å²) in [5.41, 5.74) is 3.54. The number of nitrogens with zero attached hydrogens (tertiary/aromatic N) is 3. The van der Waals surface area contributed by atoms with E-state index in [1.165, 1.54) is 11.8 Å². The molecule has 1 aromatic carbocycles. The summed E-state index contributed by atoms with van der Waals surface area (Å²) < 4.78 is 1.78. The lowest BCUT2D eigenvalue weighted by Crippen LogP contribution is -2.33. The van der Waals surface area contributed by atoms with E-state index in [4.69, 9.17) is 5.41 Å². The van der Waals surface area contributed by atoms with E-state index in [9.17, 15) is 4.79 Å². The molecule has 0 aliphatic rings. The third-order valence-corrected chi connectivity index (χ3v) is 5.33. The molecule has 0 radical (unpaired) electrons. The van der Waals surface area contributed by atoms with Gasteiger partial charge in [-0.1, -0.05) is 30.8 Å². The van der Waals surface area contributed by atoms with Gasteiger partial charge in [0.05, 0.1) is 11.1 Å². The molecule has 1 atom stereocenters. The molecular weight excluding hydrogens is 360 g/mol. The number of nitrogens with one attached hydrogen (secondary N) is 3. The highest BCUT2D eigenvalue weighted by Gasteiger charge is 2.16. The molecule has 2 aromatic heterocycles. The fourth-order valence-electron chi connectivity index (χ4n) is 2.78. The number of benzene rings is 1. The summed E-state index contributed by atoms with van der Waals surface area (Å²) in [5, 5.41) is 20.0. The van der Waals surface area contributed by atoms with Crippen molar-refractivity contribution in [3.63, 3.8) is 0 Å². The van der Waals surface area contributed by atoms with E-state index in [0.717, 1.165) is 23.4 Å². The highest BCUT2D eigenvalue weighted by Crippen LogP contribution is 2.22. The van der Waals surface area contributed by atoms with Gasteiger partial charge in [-0.05, 0) is 44.9 Å². The monoisotopic (exact) mass is 384 g/mol. The highest BCUT2D eigenvalue weighted by atomic mass is 32.2. The van der Waals surface area contributed by atoms with Gasteiger partial charge in [0.25, 0.3) is 0 Å². The van der Waals surface area contributed by atoms with Crippen LogP contribution >= 0.6 is 11.8 Å². The molecule has 2 heterocycles. The molecule has 0 fully saturated rings. The topological polar surface area (TPSA) is 99.5 Å². The van der Waals surface area contributed by atoms with Crippen LogP contribution in [0.25, 0.3) is 16.7 Å². The van der Waals surface area contributed by atoms with Gasteiger partial charge in [0.2, 0.25) is 5.91 Å². The van der Waals surface area contributed by atoms with Gasteiger partial charge in [-0.3, -0.25) is 19.9 Å². The number of carbonyl (C=O) groups excluding carboxylic acids is 1. The van der Waals surface area contributed by atoms with Gasteiger partial charge in [-0.15, -0.1) is 0 Å². The van der Waals surface area contributed by atoms with E-state index in [1.807, 2.05) is 52.0 Å². The van der Waals surface area contributed by atoms with Crippen molar-refractivity contribution in [1.29, 1.82) is 5.41 Å². The summed E-state index contributed by atoms with van der Waals surface area (Å²) in [5.74, 6) is 0.189. The summed E-state index contributed by atoms with van der Waals surface area (Å²) in [7, 11) is 0. The van der Waals surface area contributed by atoms with Crippen molar-refractivity contribution >= 4 is 28.7 Å². The molecule has 0 aliphatic heterocycles. The Kier molecular flexibility index (Phi) is 5.65. The second-order valence-electron chi connectivity index (χ2n) is 6.63. The first-order valence-electron chi connectivity index (χ1n) is 8.92. The molecule has 1 amide bonds. The average molecular weight is 385 g/mol. The van der Waals surface area contributed by atoms with Crippen molar-refractivity contribution < 1.29 is 4.79 Å². The molecule has 3 aromatic rings. The average Bonchev–Trinajstić information content (AvgIpc) is 3.01. The van der Waals surface area contributed by atoms with E-state index >= 15 is 0 Å². The van der Waals surface area contributed by atoms with Gasteiger partial charge in [-0.2, -0.15) is 5.10 Å². The number of fused-ring (bicyclic) bond motifs is 1. The van der Waals surface area contributed by atoms with Crippen molar-refractivity contribution in [2.75, 3.05) is 5.75 Å². The van der Waals surface area contributed by atoms with Gasteiger partial charge >= 0.3 is 0 Å². The molecule has 0 bridgehead atoms. The van der Waals surface area contributed by atoms with Gasteiger partial charge < -0.3 is 5.32 Å². The lowest BCUT2D eigenvalue weighted by molar-refractivity contribution is -0.119. The first-order chi connectivity index (χ1) is 12.9. The van der Waals surface area contributed by atoms with E-state index in [-0.39, 0.29) is 17.7 Å². The molecule has 0 saturated carbocycles. The zero-order valence-corrected chi connectivity index (χ0v) is 16.8. The predicted molar refractivity (Wildman–Crippen MR) is 107 cm³/mol. The standard InChI is InChI=1S/C19H24N6OS/c1-5-12(3)21-15(26)10-27-19-22-18-16(13(4)23-24-18)17(20)25(19)14-8-6-7-11(2)9-14/h6-9,12,20H,5,10H2,1-4H3,(H,21,26)(H,23,24). The van der Waals surface area contributed by atoms with Crippen LogP contribution in [0.5, 0.6) is 0 Å². The molecule has 0 saturated heterocycles. The molecule has 0 aliphatic carbocycles. The molecule has 142 valence electrons. The van der Waals surface area contributed by atoms with Crippen molar-refractivity contribution in [2.45, 2.75) is 45.3 Å². The Bertz CT molecular complexity index is 1040. The van der Waals surface area contributed by atoms with Crippen LogP contribution in [-0.4, -0.2) is 37.5 Å². The Morgan fingerprint density at radius 2 is 2.19 bits per heavy atom. The molecular formula is C19H24N6OS. The van der Waals surface area contributed by atoms with Crippen LogP contribution < -0.4 is 10.8 Å². The Labute approximate surface area is 162 Å². The minimum absolute atomic E-state index is 0.0446. The van der Waals surface area contributed by atoms with Crippen molar-refractivity contribution in [1.82, 2.24) is 25.1 Å². The Morgan fingerprint density at radius 3 is 2.89 bits per heavy atom. The minimum atomic E-state index is -0.0446. The Hall–Kier alpha value is -2.61. The van der Waals surface area contributed by atoms with Crippen LogP contribution in [0.15, 0.2) is 29.4 Å². The SMILES string of the molecule is CCC(C)NC(=O)CSc1nc2n[nH]c(C)c2c(=N)n1-c1cccc(C)c1. The third-order valence-electron chi connectivity index (χ3n) is 4.39. The Balaban J connectivity index is 2.04. The quantitative estimate of drug-likeness (QED) is 0.449. The molecule has 7 nitrogen and oxygen atoms in total. The van der Waals surface area contributed by atoms with Crippen LogP contribution in [0.1, 0.15) is 31.5 Å². The number of aromatic nitrogens is 4. The lowest BCUT2D eigenvalue weighted by atomic mass is 10.2. The predicted octanol–water partition coefficient (Wildman–Crippen LogP) is 2.85. The van der Waals surface area contributed by atoms with Crippen molar-refractivity contribution in [3.05, 3.63) is 41.0 Å². The lowest BCUT2D eigenvalue weighted by Gasteiger charge is -2.15. The maximum Gasteiger partial charge on any atom is 0.230 e. The molecule has 1 unspecified atom stereocenters. The zero-order chi connectivity index (χ0) is 19.6. The van der Waals surface area contributed by atoms with Gasteiger partial charge in [-0.25, -0.2) is 4.98 Å². The number of aromatic amines is 1. The van der Waals surface area contributed by atoms with Gasteiger partial charge in [0.15, 0.2) is 10.8 Å². The van der Waals surface area contributed by atoms with E-state index in [2.05, 4.69) is 20.5 Å². The maximum absolute atomic E-state index is 12.2. The number of hydrogen-bond acceptors (Lipinski definition) is 5. The highest BCUT2D eigenvalue weighted by molar-refractivity contribution is 7.99. The van der Waals surface area contributed by atoms with Crippen LogP contribution in [0, 0.1) is 19.3 Å². The fraction of sp³-hybridized carbons (Fsp3) is 0.368. The van der Waals surface area contributed by atoms with E-state index in [1.54, 1.807) is 4.57 Å². The number of aryl methyl sites for hydroxylation is 2. The number of amides is 1. The van der Waals surface area contributed by atoms with Crippen molar-refractivity contribution in [3.8, 4) is 5.69 Å². The summed E-state index contributed by atoms with van der Waals surface area (Å²) in [6, 6.07) is 8.04. The molecule has 0 spiro atoms. The summed E-state index contributed by atoms with van der Waals surface area (Å²) in [6.07, 6.45) is 0.882. The number of hydrogen-bond donors (Lipinski definition) is 3. The second-order valence-corrected chi connectivity index (χ2v) is 7.57. The maximum atomic E-state index is 12.2. The van der Waals surface area contributed by atoms with Crippen LogP contribution in [0.2, 0.25) is 0 Å². The van der Waals surface area contributed by atoms with Gasteiger partial charge in [0, 0.05) is 17.4 Å². The van der Waals surface area contributed by atoms with Gasteiger partial charge in [0.1, 0.15) is 5.49 Å². The summed E-state index contributed by atoms with van der Waals surface area (Å²) >= 11 is 1.31. The molecule has 8 heteroatoms. The number of rotatable bonds is 6. The number of carbonyl (C=O) groups is 1. The smallest absolute Gasteiger partial charge is 0.230 e. The van der Waals surface area contributed by atoms with E-state index in [0.29, 0.717) is 21.7 Å². The third kappa shape index (κ3) is 4.05. The largest absolute Gasteiger partial charge is 0.353 e. The first-order valence-corrected chi connectivity index (χ1v) is 9.90. The summed E-state index contributed by atoms with van der Waals surface area (Å²) in [4.78, 5) is 16.8. The van der Waals surface area contributed by atoms with Crippen LogP contribution in [0.4, 0.5) is 0 Å². The molecule has 27 heavy (non-hydrogen) atoms. The minimum Gasteiger partial charge on any atom is -0.353 e. The Morgan fingerprint density at radius 1 is 1.41 bits per heavy atom. The second kappa shape index (κ2) is 7.96. The number of H-pyrrole nitrogens is 1. The van der Waals surface area contributed by atoms with Crippen LogP contribution in [0.3, 0.4) is 0 Å². The first kappa shape index (κ1) is 19.2. The zero-order valence-electron chi connectivity index (χ0n) is 16.0.